The second-order valence-corrected chi connectivity index (χ2v) is 8.50. The van der Waals surface area contributed by atoms with Crippen molar-refractivity contribution in [2.24, 2.45) is 0 Å². The molecule has 0 unspecified atom stereocenters. The van der Waals surface area contributed by atoms with Crippen molar-refractivity contribution in [1.82, 2.24) is 9.80 Å². The lowest BCUT2D eigenvalue weighted by Gasteiger charge is -2.45. The molecular weight excluding hydrogens is 451 g/mol. The highest BCUT2D eigenvalue weighted by Crippen LogP contribution is 2.33. The first kappa shape index (κ1) is 24.8. The maximum atomic E-state index is 13.2. The van der Waals surface area contributed by atoms with E-state index in [1.165, 1.54) is 31.4 Å². The number of benzene rings is 2. The number of ether oxygens (including phenoxy) is 2. The van der Waals surface area contributed by atoms with Crippen LogP contribution in [0.15, 0.2) is 36.4 Å². The van der Waals surface area contributed by atoms with Crippen LogP contribution in [-0.2, 0) is 11.3 Å². The summed E-state index contributed by atoms with van der Waals surface area (Å²) >= 11 is 6.02. The van der Waals surface area contributed by atoms with E-state index >= 15 is 0 Å². The summed E-state index contributed by atoms with van der Waals surface area (Å²) in [5.41, 5.74) is 0.875. The molecular formula is C24H28ClFN2O5. The van der Waals surface area contributed by atoms with Crippen molar-refractivity contribution in [3.63, 3.8) is 0 Å². The average Bonchev–Trinajstić information content (AvgIpc) is 2.79. The minimum absolute atomic E-state index is 0.0201. The zero-order valence-electron chi connectivity index (χ0n) is 18.9. The summed E-state index contributed by atoms with van der Waals surface area (Å²) in [4.78, 5) is 28.6. The SMILES string of the molecule is CC[C@H]1CN(C(=O)COc2cc(OC)c(Cl)cc2C(=O)O)[C@H](C)CN1Cc1ccc(F)cc1. The molecule has 1 aliphatic heterocycles. The van der Waals surface area contributed by atoms with Gasteiger partial charge in [0, 0.05) is 37.8 Å². The number of carboxylic acid groups (broad SMARTS) is 1. The second-order valence-electron chi connectivity index (χ2n) is 8.09. The molecule has 7 nitrogen and oxygen atoms in total. The number of nitrogens with zero attached hydrogens (tertiary/aromatic N) is 2. The first-order valence-corrected chi connectivity index (χ1v) is 11.1. The molecule has 0 saturated carbocycles. The van der Waals surface area contributed by atoms with Crippen molar-refractivity contribution in [2.75, 3.05) is 26.8 Å². The van der Waals surface area contributed by atoms with Gasteiger partial charge in [0.05, 0.1) is 12.1 Å². The summed E-state index contributed by atoms with van der Waals surface area (Å²) in [6.45, 7) is 5.59. The van der Waals surface area contributed by atoms with E-state index in [0.29, 0.717) is 19.6 Å². The summed E-state index contributed by atoms with van der Waals surface area (Å²) < 4.78 is 24.0. The molecule has 1 heterocycles. The third-order valence-corrected chi connectivity index (χ3v) is 6.18. The lowest BCUT2D eigenvalue weighted by atomic mass is 10.0. The van der Waals surface area contributed by atoms with E-state index in [9.17, 15) is 19.1 Å². The normalized spacial score (nSPS) is 18.8. The van der Waals surface area contributed by atoms with Gasteiger partial charge in [-0.15, -0.1) is 0 Å². The van der Waals surface area contributed by atoms with Crippen LogP contribution >= 0.6 is 11.6 Å². The summed E-state index contributed by atoms with van der Waals surface area (Å²) in [6, 6.07) is 9.15. The Kier molecular flexibility index (Phi) is 8.15. The molecule has 2 atom stereocenters. The fraction of sp³-hybridized carbons (Fsp3) is 0.417. The molecule has 1 fully saturated rings. The standard InChI is InChI=1S/C24H28ClFN2O5/c1-4-18-13-28(15(2)11-27(18)12-16-5-7-17(26)8-6-16)23(29)14-33-21-10-22(32-3)20(25)9-19(21)24(30)31/h5-10,15,18H,4,11-14H2,1-3H3,(H,30,31)/t15-,18+/m1/s1. The Bertz CT molecular complexity index is 1000. The Labute approximate surface area is 197 Å². The van der Waals surface area contributed by atoms with Crippen LogP contribution < -0.4 is 9.47 Å². The Morgan fingerprint density at radius 2 is 1.88 bits per heavy atom. The third kappa shape index (κ3) is 5.94. The molecule has 1 amide bonds. The van der Waals surface area contributed by atoms with E-state index in [1.54, 1.807) is 17.0 Å². The predicted molar refractivity (Wildman–Crippen MR) is 123 cm³/mol. The average molecular weight is 479 g/mol. The van der Waals surface area contributed by atoms with Gasteiger partial charge < -0.3 is 19.5 Å². The lowest BCUT2D eigenvalue weighted by molar-refractivity contribution is -0.139. The van der Waals surface area contributed by atoms with E-state index < -0.39 is 5.97 Å². The highest BCUT2D eigenvalue weighted by atomic mass is 35.5. The first-order valence-electron chi connectivity index (χ1n) is 10.7. The molecule has 2 aromatic rings. The number of carbonyl (C=O) groups excluding carboxylic acids is 1. The van der Waals surface area contributed by atoms with Crippen molar-refractivity contribution in [1.29, 1.82) is 0 Å². The monoisotopic (exact) mass is 478 g/mol. The molecule has 178 valence electrons. The highest BCUT2D eigenvalue weighted by molar-refractivity contribution is 6.32. The maximum Gasteiger partial charge on any atom is 0.339 e. The third-order valence-electron chi connectivity index (χ3n) is 5.88. The number of carboxylic acids is 1. The Morgan fingerprint density at radius 3 is 2.48 bits per heavy atom. The van der Waals surface area contributed by atoms with E-state index in [-0.39, 0.29) is 52.5 Å². The van der Waals surface area contributed by atoms with Crippen LogP contribution in [0.3, 0.4) is 0 Å². The molecule has 9 heteroatoms. The number of hydrogen-bond donors (Lipinski definition) is 1. The van der Waals surface area contributed by atoms with Crippen molar-refractivity contribution >= 4 is 23.5 Å². The van der Waals surface area contributed by atoms with E-state index in [0.717, 1.165) is 12.0 Å². The van der Waals surface area contributed by atoms with Gasteiger partial charge in [-0.25, -0.2) is 9.18 Å². The molecule has 0 aliphatic carbocycles. The quantitative estimate of drug-likeness (QED) is 0.616. The minimum atomic E-state index is -1.21. The molecule has 0 spiro atoms. The van der Waals surface area contributed by atoms with Gasteiger partial charge in [0.25, 0.3) is 5.91 Å². The molecule has 33 heavy (non-hydrogen) atoms. The van der Waals surface area contributed by atoms with E-state index in [2.05, 4.69) is 11.8 Å². The van der Waals surface area contributed by atoms with Crippen LogP contribution in [-0.4, -0.2) is 65.7 Å². The number of hydrogen-bond acceptors (Lipinski definition) is 5. The van der Waals surface area contributed by atoms with Gasteiger partial charge in [-0.3, -0.25) is 9.69 Å². The number of aromatic carboxylic acids is 1. The number of amides is 1. The van der Waals surface area contributed by atoms with Crippen LogP contribution in [0.25, 0.3) is 0 Å². The predicted octanol–water partition coefficient (Wildman–Crippen LogP) is 4.08. The van der Waals surface area contributed by atoms with Gasteiger partial charge in [-0.05, 0) is 37.1 Å². The van der Waals surface area contributed by atoms with Crippen molar-refractivity contribution < 1.29 is 28.6 Å². The van der Waals surface area contributed by atoms with Gasteiger partial charge in [0.15, 0.2) is 6.61 Å². The topological polar surface area (TPSA) is 79.3 Å². The summed E-state index contributed by atoms with van der Waals surface area (Å²) in [5, 5.41) is 9.58. The van der Waals surface area contributed by atoms with Crippen LogP contribution in [0.2, 0.25) is 5.02 Å². The summed E-state index contributed by atoms with van der Waals surface area (Å²) in [6.07, 6.45) is 0.843. The van der Waals surface area contributed by atoms with Gasteiger partial charge in [-0.2, -0.15) is 0 Å². The number of halogens is 2. The zero-order valence-corrected chi connectivity index (χ0v) is 19.6. The minimum Gasteiger partial charge on any atom is -0.495 e. The molecule has 3 rings (SSSR count). The Hall–Kier alpha value is -2.84. The van der Waals surface area contributed by atoms with Crippen LogP contribution in [0, 0.1) is 5.82 Å². The number of piperazine rings is 1. The fourth-order valence-electron chi connectivity index (χ4n) is 4.06. The van der Waals surface area contributed by atoms with Gasteiger partial charge in [0.1, 0.15) is 22.9 Å². The van der Waals surface area contributed by atoms with E-state index in [1.807, 2.05) is 6.92 Å². The summed E-state index contributed by atoms with van der Waals surface area (Å²) in [7, 11) is 1.41. The Morgan fingerprint density at radius 1 is 1.18 bits per heavy atom. The van der Waals surface area contributed by atoms with Gasteiger partial charge in [0.2, 0.25) is 0 Å². The highest BCUT2D eigenvalue weighted by Gasteiger charge is 2.33. The molecule has 0 bridgehead atoms. The Balaban J connectivity index is 1.67. The van der Waals surface area contributed by atoms with Crippen LogP contribution in [0.5, 0.6) is 11.5 Å². The van der Waals surface area contributed by atoms with Crippen LogP contribution in [0.1, 0.15) is 36.2 Å². The number of carbonyl (C=O) groups is 2. The molecule has 2 aromatic carbocycles. The molecule has 1 aliphatic rings. The zero-order chi connectivity index (χ0) is 24.1. The van der Waals surface area contributed by atoms with Crippen LogP contribution in [0.4, 0.5) is 4.39 Å². The maximum absolute atomic E-state index is 13.2. The summed E-state index contributed by atoms with van der Waals surface area (Å²) in [5.74, 6) is -1.42. The second kappa shape index (κ2) is 10.9. The first-order chi connectivity index (χ1) is 15.7. The number of methoxy groups -OCH3 is 1. The van der Waals surface area contributed by atoms with Crippen molar-refractivity contribution in [3.05, 3.63) is 58.4 Å². The van der Waals surface area contributed by atoms with Crippen molar-refractivity contribution in [2.45, 2.75) is 38.9 Å². The van der Waals surface area contributed by atoms with Crippen molar-refractivity contribution in [3.8, 4) is 11.5 Å². The van der Waals surface area contributed by atoms with E-state index in [4.69, 9.17) is 21.1 Å². The molecule has 0 radical (unpaired) electrons. The fourth-order valence-corrected chi connectivity index (χ4v) is 4.30. The smallest absolute Gasteiger partial charge is 0.339 e. The van der Waals surface area contributed by atoms with Gasteiger partial charge >= 0.3 is 5.97 Å². The largest absolute Gasteiger partial charge is 0.495 e. The molecule has 0 aromatic heterocycles. The molecule has 1 N–H and O–H groups in total. The lowest BCUT2D eigenvalue weighted by Crippen LogP contribution is -2.59. The number of rotatable bonds is 8. The van der Waals surface area contributed by atoms with Gasteiger partial charge in [-0.1, -0.05) is 30.7 Å². The molecule has 1 saturated heterocycles.